The van der Waals surface area contributed by atoms with Gasteiger partial charge in [0, 0.05) is 18.1 Å². The van der Waals surface area contributed by atoms with Crippen molar-refractivity contribution in [1.82, 2.24) is 19.7 Å². The highest BCUT2D eigenvalue weighted by molar-refractivity contribution is 6.30. The first-order valence-corrected chi connectivity index (χ1v) is 8.30. The van der Waals surface area contributed by atoms with Gasteiger partial charge in [0.25, 0.3) is 0 Å². The van der Waals surface area contributed by atoms with Crippen LogP contribution in [0.3, 0.4) is 0 Å². The number of hydrogen-bond acceptors (Lipinski definition) is 4. The fourth-order valence-electron chi connectivity index (χ4n) is 3.08. The van der Waals surface area contributed by atoms with Crippen LogP contribution >= 0.6 is 11.6 Å². The van der Waals surface area contributed by atoms with Gasteiger partial charge in [-0.25, -0.2) is 14.6 Å². The minimum absolute atomic E-state index is 0.711. The van der Waals surface area contributed by atoms with E-state index >= 15 is 0 Å². The van der Waals surface area contributed by atoms with Crippen molar-refractivity contribution in [1.29, 1.82) is 0 Å². The molecule has 0 radical (unpaired) electrons. The van der Waals surface area contributed by atoms with E-state index in [-0.39, 0.29) is 0 Å². The summed E-state index contributed by atoms with van der Waals surface area (Å²) in [5.74, 6) is 1.78. The van der Waals surface area contributed by atoms with E-state index in [1.807, 2.05) is 35.1 Å². The topological polar surface area (TPSA) is 46.8 Å². The molecule has 0 spiro atoms. The molecule has 23 heavy (non-hydrogen) atoms. The molecule has 1 aliphatic rings. The van der Waals surface area contributed by atoms with Crippen molar-refractivity contribution in [2.75, 3.05) is 18.0 Å². The molecular weight excluding hydrogens is 310 g/mol. The zero-order valence-electron chi connectivity index (χ0n) is 13.0. The molecule has 1 saturated heterocycles. The molecule has 0 N–H and O–H groups in total. The molecule has 0 aliphatic carbocycles. The summed E-state index contributed by atoms with van der Waals surface area (Å²) in [5, 5.41) is 6.22. The smallest absolute Gasteiger partial charge is 0.168 e. The summed E-state index contributed by atoms with van der Waals surface area (Å²) >= 11 is 5.97. The van der Waals surface area contributed by atoms with Crippen LogP contribution in [0.4, 0.5) is 5.82 Å². The second-order valence-electron chi connectivity index (χ2n) is 6.14. The fourth-order valence-corrected chi connectivity index (χ4v) is 3.20. The lowest BCUT2D eigenvalue weighted by atomic mass is 9.99. The van der Waals surface area contributed by atoms with Gasteiger partial charge in [-0.15, -0.1) is 0 Å². The van der Waals surface area contributed by atoms with E-state index in [4.69, 9.17) is 11.6 Å². The average Bonchev–Trinajstić information content (AvgIpc) is 3.00. The lowest BCUT2D eigenvalue weighted by molar-refractivity contribution is 0.437. The summed E-state index contributed by atoms with van der Waals surface area (Å²) in [6, 6.07) is 7.61. The number of rotatable bonds is 2. The number of piperidine rings is 1. The summed E-state index contributed by atoms with van der Waals surface area (Å²) in [6.45, 7) is 4.39. The number of fused-ring (bicyclic) bond motifs is 1. The highest BCUT2D eigenvalue weighted by Crippen LogP contribution is 2.28. The molecule has 0 saturated carbocycles. The maximum Gasteiger partial charge on any atom is 0.168 e. The molecule has 6 heteroatoms. The van der Waals surface area contributed by atoms with Crippen LogP contribution in [0.5, 0.6) is 0 Å². The molecule has 4 rings (SSSR count). The molecule has 0 bridgehead atoms. The number of hydrogen-bond donors (Lipinski definition) is 0. The maximum atomic E-state index is 5.97. The molecule has 1 fully saturated rings. The summed E-state index contributed by atoms with van der Waals surface area (Å²) in [4.78, 5) is 11.3. The van der Waals surface area contributed by atoms with E-state index in [9.17, 15) is 0 Å². The normalized spacial score (nSPS) is 16.2. The lowest BCUT2D eigenvalue weighted by Gasteiger charge is -2.31. The molecule has 118 valence electrons. The molecule has 0 atom stereocenters. The summed E-state index contributed by atoms with van der Waals surface area (Å²) in [6.07, 6.45) is 5.90. The Labute approximate surface area is 139 Å². The van der Waals surface area contributed by atoms with Crippen molar-refractivity contribution < 1.29 is 0 Å². The second-order valence-corrected chi connectivity index (χ2v) is 6.57. The van der Waals surface area contributed by atoms with Crippen molar-refractivity contribution >= 4 is 28.5 Å². The zero-order valence-corrected chi connectivity index (χ0v) is 13.7. The van der Waals surface area contributed by atoms with Crippen molar-refractivity contribution in [3.63, 3.8) is 0 Å². The number of benzene rings is 1. The Morgan fingerprint density at radius 3 is 2.57 bits per heavy atom. The highest BCUT2D eigenvalue weighted by Gasteiger charge is 2.20. The maximum absolute atomic E-state index is 5.97. The highest BCUT2D eigenvalue weighted by atomic mass is 35.5. The van der Waals surface area contributed by atoms with Crippen LogP contribution in [0, 0.1) is 5.92 Å². The van der Waals surface area contributed by atoms with Crippen LogP contribution in [0.2, 0.25) is 5.02 Å². The van der Waals surface area contributed by atoms with Crippen LogP contribution in [-0.4, -0.2) is 32.8 Å². The molecular formula is C17H18ClN5. The van der Waals surface area contributed by atoms with Gasteiger partial charge in [0.05, 0.1) is 17.3 Å². The molecule has 1 aliphatic heterocycles. The van der Waals surface area contributed by atoms with Crippen LogP contribution < -0.4 is 4.90 Å². The minimum Gasteiger partial charge on any atom is -0.356 e. The third-order valence-corrected chi connectivity index (χ3v) is 4.75. The van der Waals surface area contributed by atoms with Crippen LogP contribution in [0.25, 0.3) is 16.7 Å². The lowest BCUT2D eigenvalue weighted by Crippen LogP contribution is -2.33. The molecule has 0 unspecified atom stereocenters. The Balaban J connectivity index is 1.76. The van der Waals surface area contributed by atoms with Crippen molar-refractivity contribution in [3.8, 4) is 5.69 Å². The Morgan fingerprint density at radius 1 is 1.09 bits per heavy atom. The number of anilines is 1. The summed E-state index contributed by atoms with van der Waals surface area (Å²) in [7, 11) is 0. The van der Waals surface area contributed by atoms with Crippen molar-refractivity contribution in [2.45, 2.75) is 19.8 Å². The van der Waals surface area contributed by atoms with Gasteiger partial charge in [-0.2, -0.15) is 5.10 Å². The standard InChI is InChI=1S/C17H18ClN5/c1-12-6-8-22(9-7-12)16-15-10-21-23(17(15)20-11-19-16)14-4-2-13(18)3-5-14/h2-5,10-12H,6-9H2,1H3. The number of nitrogens with zero attached hydrogens (tertiary/aromatic N) is 5. The second kappa shape index (κ2) is 5.81. The SMILES string of the molecule is CC1CCN(c2ncnc3c2cnn3-c2ccc(Cl)cc2)CC1. The number of aromatic nitrogens is 4. The van der Waals surface area contributed by atoms with Crippen LogP contribution in [0.15, 0.2) is 36.8 Å². The Hall–Kier alpha value is -2.14. The molecule has 1 aromatic carbocycles. The molecule has 2 aromatic heterocycles. The Kier molecular flexibility index (Phi) is 3.65. The zero-order chi connectivity index (χ0) is 15.8. The molecule has 0 amide bonds. The van der Waals surface area contributed by atoms with Gasteiger partial charge in [0.1, 0.15) is 12.1 Å². The van der Waals surface area contributed by atoms with Gasteiger partial charge >= 0.3 is 0 Å². The molecule has 3 heterocycles. The van der Waals surface area contributed by atoms with Gasteiger partial charge in [-0.1, -0.05) is 18.5 Å². The van der Waals surface area contributed by atoms with Crippen molar-refractivity contribution in [2.24, 2.45) is 5.92 Å². The molecule has 3 aromatic rings. The third kappa shape index (κ3) is 2.65. The van der Waals surface area contributed by atoms with E-state index in [0.717, 1.165) is 41.5 Å². The first-order chi connectivity index (χ1) is 11.2. The van der Waals surface area contributed by atoms with E-state index in [0.29, 0.717) is 5.02 Å². The fraction of sp³-hybridized carbons (Fsp3) is 0.353. The third-order valence-electron chi connectivity index (χ3n) is 4.50. The van der Waals surface area contributed by atoms with Crippen LogP contribution in [-0.2, 0) is 0 Å². The van der Waals surface area contributed by atoms with Gasteiger partial charge < -0.3 is 4.90 Å². The van der Waals surface area contributed by atoms with Crippen LogP contribution in [0.1, 0.15) is 19.8 Å². The van der Waals surface area contributed by atoms with Crippen molar-refractivity contribution in [3.05, 3.63) is 41.8 Å². The quantitative estimate of drug-likeness (QED) is 0.720. The minimum atomic E-state index is 0.711. The predicted octanol–water partition coefficient (Wildman–Crippen LogP) is 3.71. The first-order valence-electron chi connectivity index (χ1n) is 7.92. The van der Waals surface area contributed by atoms with Gasteiger partial charge in [0.15, 0.2) is 5.65 Å². The predicted molar refractivity (Wildman–Crippen MR) is 92.3 cm³/mol. The van der Waals surface area contributed by atoms with E-state index in [2.05, 4.69) is 26.9 Å². The van der Waals surface area contributed by atoms with Gasteiger partial charge in [-0.05, 0) is 43.0 Å². The number of halogens is 1. The van der Waals surface area contributed by atoms with Gasteiger partial charge in [-0.3, -0.25) is 0 Å². The monoisotopic (exact) mass is 327 g/mol. The Morgan fingerprint density at radius 2 is 1.83 bits per heavy atom. The Bertz CT molecular complexity index is 819. The molecule has 5 nitrogen and oxygen atoms in total. The average molecular weight is 328 g/mol. The first kappa shape index (κ1) is 14.5. The van der Waals surface area contributed by atoms with E-state index < -0.39 is 0 Å². The summed E-state index contributed by atoms with van der Waals surface area (Å²) in [5.41, 5.74) is 1.78. The van der Waals surface area contributed by atoms with Gasteiger partial charge in [0.2, 0.25) is 0 Å². The van der Waals surface area contributed by atoms with E-state index in [1.54, 1.807) is 6.33 Å². The largest absolute Gasteiger partial charge is 0.356 e. The summed E-state index contributed by atoms with van der Waals surface area (Å²) < 4.78 is 1.84. The van der Waals surface area contributed by atoms with E-state index in [1.165, 1.54) is 12.8 Å².